The molecule has 0 saturated heterocycles. The second-order valence-corrected chi connectivity index (χ2v) is 7.40. The molecule has 5 heteroatoms. The standard InChI is InChI=1S/C16H20N2O2Te/c1-3-19-11-7-5-9-13(15(11)17)21-14-10-6-8-12(16(14)18)20-4-2/h5-10H,3-4,17-18H2,1-2H3. The molecule has 0 atom stereocenters. The molecule has 0 aromatic heterocycles. The number of nitrogens with two attached hydrogens (primary N) is 2. The zero-order valence-electron chi connectivity index (χ0n) is 12.3. The van der Waals surface area contributed by atoms with Gasteiger partial charge in [0, 0.05) is 0 Å². The maximum atomic E-state index is 6.20. The average molecular weight is 400 g/mol. The second-order valence-electron chi connectivity index (χ2n) is 4.30. The van der Waals surface area contributed by atoms with Gasteiger partial charge < -0.3 is 0 Å². The molecule has 0 heterocycles. The van der Waals surface area contributed by atoms with Crippen molar-refractivity contribution in [3.8, 4) is 11.5 Å². The third kappa shape index (κ3) is 3.75. The van der Waals surface area contributed by atoms with Crippen molar-refractivity contribution in [1.29, 1.82) is 0 Å². The summed E-state index contributed by atoms with van der Waals surface area (Å²) in [6.45, 7) is 5.12. The van der Waals surface area contributed by atoms with E-state index in [0.717, 1.165) is 30.1 Å². The Morgan fingerprint density at radius 2 is 1.24 bits per heavy atom. The average Bonchev–Trinajstić information content (AvgIpc) is 2.48. The predicted octanol–water partition coefficient (Wildman–Crippen LogP) is 1.30. The van der Waals surface area contributed by atoms with Crippen LogP contribution in [0.25, 0.3) is 0 Å². The van der Waals surface area contributed by atoms with Crippen LogP contribution in [0.4, 0.5) is 11.4 Å². The van der Waals surface area contributed by atoms with Gasteiger partial charge in [0.05, 0.1) is 0 Å². The fraction of sp³-hybridized carbons (Fsp3) is 0.250. The van der Waals surface area contributed by atoms with E-state index < -0.39 is 20.9 Å². The van der Waals surface area contributed by atoms with Gasteiger partial charge in [-0.3, -0.25) is 0 Å². The second kappa shape index (κ2) is 7.44. The molecule has 0 fully saturated rings. The number of para-hydroxylation sites is 2. The normalized spacial score (nSPS) is 10.4. The Hall–Kier alpha value is -1.57. The van der Waals surface area contributed by atoms with E-state index >= 15 is 0 Å². The monoisotopic (exact) mass is 402 g/mol. The van der Waals surface area contributed by atoms with Gasteiger partial charge in [0.15, 0.2) is 0 Å². The molecule has 0 unspecified atom stereocenters. The van der Waals surface area contributed by atoms with Crippen LogP contribution in [0.3, 0.4) is 0 Å². The zero-order valence-corrected chi connectivity index (χ0v) is 14.6. The molecule has 2 aromatic rings. The number of benzene rings is 2. The fourth-order valence-electron chi connectivity index (χ4n) is 1.91. The zero-order chi connectivity index (χ0) is 15.2. The molecule has 0 aliphatic carbocycles. The summed E-state index contributed by atoms with van der Waals surface area (Å²) < 4.78 is 13.4. The van der Waals surface area contributed by atoms with Gasteiger partial charge in [0.2, 0.25) is 0 Å². The van der Waals surface area contributed by atoms with E-state index in [2.05, 4.69) is 0 Å². The van der Waals surface area contributed by atoms with Gasteiger partial charge in [0.25, 0.3) is 0 Å². The van der Waals surface area contributed by atoms with Gasteiger partial charge in [-0.1, -0.05) is 0 Å². The molecule has 0 saturated carbocycles. The summed E-state index contributed by atoms with van der Waals surface area (Å²) in [5, 5.41) is 0. The molecule has 0 amide bonds. The van der Waals surface area contributed by atoms with Crippen LogP contribution in [-0.4, -0.2) is 34.1 Å². The summed E-state index contributed by atoms with van der Waals surface area (Å²) in [5.74, 6) is 1.50. The molecular weight excluding hydrogens is 380 g/mol. The molecule has 0 spiro atoms. The van der Waals surface area contributed by atoms with Gasteiger partial charge in [-0.25, -0.2) is 0 Å². The number of ether oxygens (including phenoxy) is 2. The van der Waals surface area contributed by atoms with E-state index in [4.69, 9.17) is 20.9 Å². The third-order valence-corrected chi connectivity index (χ3v) is 6.16. The van der Waals surface area contributed by atoms with E-state index in [-0.39, 0.29) is 0 Å². The minimum atomic E-state index is -0.687. The third-order valence-electron chi connectivity index (χ3n) is 2.87. The van der Waals surface area contributed by atoms with E-state index in [1.54, 1.807) is 0 Å². The van der Waals surface area contributed by atoms with Crippen molar-refractivity contribution in [2.24, 2.45) is 0 Å². The molecule has 112 valence electrons. The summed E-state index contributed by atoms with van der Waals surface area (Å²) in [4.78, 5) is 0. The number of rotatable bonds is 6. The van der Waals surface area contributed by atoms with Crippen molar-refractivity contribution in [3.05, 3.63) is 36.4 Å². The first-order valence-corrected chi connectivity index (χ1v) is 9.20. The van der Waals surface area contributed by atoms with Crippen molar-refractivity contribution in [3.63, 3.8) is 0 Å². The van der Waals surface area contributed by atoms with Gasteiger partial charge in [-0.2, -0.15) is 0 Å². The van der Waals surface area contributed by atoms with Crippen LogP contribution >= 0.6 is 0 Å². The topological polar surface area (TPSA) is 70.5 Å². The van der Waals surface area contributed by atoms with Crippen LogP contribution in [0.15, 0.2) is 36.4 Å². The Balaban J connectivity index is 2.30. The number of hydrogen-bond acceptors (Lipinski definition) is 4. The summed E-state index contributed by atoms with van der Waals surface area (Å²) in [7, 11) is 0. The first kappa shape index (κ1) is 15.8. The quantitative estimate of drug-likeness (QED) is 0.567. The molecule has 0 aliphatic heterocycles. The summed E-state index contributed by atoms with van der Waals surface area (Å²) in [6.07, 6.45) is 0. The van der Waals surface area contributed by atoms with Crippen LogP contribution in [0, 0.1) is 0 Å². The Kier molecular flexibility index (Phi) is 5.60. The van der Waals surface area contributed by atoms with Crippen molar-refractivity contribution in [2.45, 2.75) is 13.8 Å². The SMILES string of the molecule is CCOc1cccc([Te]c2cccc(OCC)c2N)c1N. The first-order valence-electron chi connectivity index (χ1n) is 6.87. The molecule has 0 radical (unpaired) electrons. The van der Waals surface area contributed by atoms with E-state index in [1.165, 1.54) is 0 Å². The molecule has 21 heavy (non-hydrogen) atoms. The molecule has 4 N–H and O–H groups in total. The van der Waals surface area contributed by atoms with Crippen LogP contribution in [-0.2, 0) is 0 Å². The van der Waals surface area contributed by atoms with Crippen molar-refractivity contribution < 1.29 is 9.47 Å². The van der Waals surface area contributed by atoms with Gasteiger partial charge >= 0.3 is 135 Å². The van der Waals surface area contributed by atoms with Gasteiger partial charge in [-0.15, -0.1) is 0 Å². The van der Waals surface area contributed by atoms with Gasteiger partial charge in [-0.05, 0) is 0 Å². The Morgan fingerprint density at radius 3 is 1.62 bits per heavy atom. The van der Waals surface area contributed by atoms with Crippen LogP contribution in [0.1, 0.15) is 13.8 Å². The molecule has 4 nitrogen and oxygen atoms in total. The van der Waals surface area contributed by atoms with E-state index in [1.807, 2.05) is 50.2 Å². The molecule has 0 bridgehead atoms. The molecule has 2 aromatic carbocycles. The molecule has 0 aliphatic rings. The minimum absolute atomic E-state index is 0.607. The van der Waals surface area contributed by atoms with Crippen LogP contribution in [0.5, 0.6) is 11.5 Å². The number of nitrogen functional groups attached to an aromatic ring is 2. The maximum absolute atomic E-state index is 6.20. The summed E-state index contributed by atoms with van der Waals surface area (Å²) in [6, 6.07) is 11.8. The number of anilines is 2. The molecule has 2 rings (SSSR count). The fourth-order valence-corrected chi connectivity index (χ4v) is 4.62. The van der Waals surface area contributed by atoms with Crippen molar-refractivity contribution >= 4 is 39.5 Å². The van der Waals surface area contributed by atoms with E-state index in [9.17, 15) is 0 Å². The van der Waals surface area contributed by atoms with Crippen LogP contribution in [0.2, 0.25) is 0 Å². The van der Waals surface area contributed by atoms with Crippen LogP contribution < -0.4 is 28.2 Å². The van der Waals surface area contributed by atoms with Crippen molar-refractivity contribution in [2.75, 3.05) is 24.7 Å². The van der Waals surface area contributed by atoms with E-state index in [0.29, 0.717) is 13.2 Å². The number of hydrogen-bond donors (Lipinski definition) is 2. The Labute approximate surface area is 135 Å². The first-order chi connectivity index (χ1) is 10.2. The molecular formula is C16H20N2O2Te. The Morgan fingerprint density at radius 1 is 0.810 bits per heavy atom. The predicted molar refractivity (Wildman–Crippen MR) is 89.1 cm³/mol. The van der Waals surface area contributed by atoms with Gasteiger partial charge in [0.1, 0.15) is 0 Å². The Bertz CT molecular complexity index is 564. The van der Waals surface area contributed by atoms with Crippen molar-refractivity contribution in [1.82, 2.24) is 0 Å². The summed E-state index contributed by atoms with van der Waals surface area (Å²) >= 11 is -0.687. The summed E-state index contributed by atoms with van der Waals surface area (Å²) in [5.41, 5.74) is 13.8.